The molecule has 0 bridgehead atoms. The summed E-state index contributed by atoms with van der Waals surface area (Å²) < 4.78 is 68.0. The third kappa shape index (κ3) is 57.8. The van der Waals surface area contributed by atoms with Gasteiger partial charge in [0.25, 0.3) is 0 Å². The molecule has 19 heteroatoms. The van der Waals surface area contributed by atoms with E-state index in [1.54, 1.807) is 0 Å². The molecule has 0 saturated carbocycles. The van der Waals surface area contributed by atoms with E-state index in [0.717, 1.165) is 108 Å². The fourth-order valence-corrected chi connectivity index (χ4v) is 11.2. The molecule has 0 spiro atoms. The largest absolute Gasteiger partial charge is 0.472 e. The van der Waals surface area contributed by atoms with Crippen molar-refractivity contribution in [3.8, 4) is 0 Å². The molecule has 498 valence electrons. The SMILES string of the molecule is CCC(C)CCCCCCCCCCCCC(=O)O[C@H](COC(=O)CCCCCCCCC(C)C)COP(=O)(O)OCC(O)COP(=O)(O)OC[C@@H](COC(=O)CCCCCCCCCCC(C)C)OC(=O)CCCCCCCCCC(C)C. The molecule has 0 heterocycles. The van der Waals surface area contributed by atoms with Crippen molar-refractivity contribution < 1.29 is 80.2 Å². The van der Waals surface area contributed by atoms with E-state index in [9.17, 15) is 43.2 Å². The summed E-state index contributed by atoms with van der Waals surface area (Å²) in [5.41, 5.74) is 0. The van der Waals surface area contributed by atoms with Crippen LogP contribution in [0.3, 0.4) is 0 Å². The minimum Gasteiger partial charge on any atom is -0.462 e. The Morgan fingerprint density at radius 2 is 0.571 bits per heavy atom. The first-order chi connectivity index (χ1) is 40.1. The van der Waals surface area contributed by atoms with Crippen LogP contribution in [0.25, 0.3) is 0 Å². The van der Waals surface area contributed by atoms with E-state index < -0.39 is 97.5 Å². The van der Waals surface area contributed by atoms with E-state index >= 15 is 0 Å². The highest BCUT2D eigenvalue weighted by atomic mass is 31.2. The lowest BCUT2D eigenvalue weighted by molar-refractivity contribution is -0.161. The van der Waals surface area contributed by atoms with Crippen LogP contribution in [0.4, 0.5) is 0 Å². The van der Waals surface area contributed by atoms with Crippen molar-refractivity contribution in [2.45, 2.75) is 331 Å². The topological polar surface area (TPSA) is 237 Å². The van der Waals surface area contributed by atoms with Gasteiger partial charge in [-0.3, -0.25) is 37.3 Å². The Morgan fingerprint density at radius 1 is 0.333 bits per heavy atom. The van der Waals surface area contributed by atoms with Crippen molar-refractivity contribution in [3.63, 3.8) is 0 Å². The molecule has 0 aliphatic heterocycles. The summed E-state index contributed by atoms with van der Waals surface area (Å²) in [6.45, 7) is 13.9. The Hall–Kier alpha value is -1.94. The fourth-order valence-electron chi connectivity index (χ4n) is 9.57. The number of phosphoric ester groups is 2. The maximum absolute atomic E-state index is 13.0. The number of hydrogen-bond donors (Lipinski definition) is 3. The summed E-state index contributed by atoms with van der Waals surface area (Å²) in [6.07, 6.45) is 35.0. The Morgan fingerprint density at radius 3 is 0.845 bits per heavy atom. The molecule has 84 heavy (non-hydrogen) atoms. The van der Waals surface area contributed by atoms with E-state index in [-0.39, 0.29) is 25.7 Å². The first kappa shape index (κ1) is 82.1. The van der Waals surface area contributed by atoms with Gasteiger partial charge in [0, 0.05) is 25.7 Å². The molecule has 0 aliphatic rings. The predicted molar refractivity (Wildman–Crippen MR) is 335 cm³/mol. The monoisotopic (exact) mass is 1240 g/mol. The van der Waals surface area contributed by atoms with E-state index in [0.29, 0.717) is 37.5 Å². The molecule has 6 atom stereocenters. The number of carbonyl (C=O) groups excluding carboxylic acids is 4. The lowest BCUT2D eigenvalue weighted by Gasteiger charge is -2.21. The van der Waals surface area contributed by atoms with Gasteiger partial charge in [0.15, 0.2) is 12.2 Å². The van der Waals surface area contributed by atoms with Gasteiger partial charge in [-0.15, -0.1) is 0 Å². The molecule has 4 unspecified atom stereocenters. The van der Waals surface area contributed by atoms with Crippen LogP contribution in [0.15, 0.2) is 0 Å². The van der Waals surface area contributed by atoms with Crippen LogP contribution in [-0.4, -0.2) is 96.7 Å². The van der Waals surface area contributed by atoms with Gasteiger partial charge >= 0.3 is 39.5 Å². The van der Waals surface area contributed by atoms with Gasteiger partial charge in [0.05, 0.1) is 26.4 Å². The molecule has 0 rings (SSSR count). The average Bonchev–Trinajstić information content (AvgIpc) is 3.44. The zero-order valence-electron chi connectivity index (χ0n) is 54.5. The number of carbonyl (C=O) groups is 4. The van der Waals surface area contributed by atoms with Crippen molar-refractivity contribution in [2.24, 2.45) is 23.7 Å². The highest BCUT2D eigenvalue weighted by molar-refractivity contribution is 7.47. The minimum atomic E-state index is -4.95. The molecule has 0 aromatic heterocycles. The maximum Gasteiger partial charge on any atom is 0.472 e. The molecule has 3 N–H and O–H groups in total. The molecule has 0 amide bonds. The molecule has 0 aromatic rings. The number of rotatable bonds is 62. The second-order valence-corrected chi connectivity index (χ2v) is 28.1. The van der Waals surface area contributed by atoms with Crippen LogP contribution < -0.4 is 0 Å². The summed E-state index contributed by atoms with van der Waals surface area (Å²) in [6, 6.07) is 0. The highest BCUT2D eigenvalue weighted by Gasteiger charge is 2.30. The summed E-state index contributed by atoms with van der Waals surface area (Å²) in [7, 11) is -9.89. The average molecular weight is 1240 g/mol. The number of ether oxygens (including phenoxy) is 4. The van der Waals surface area contributed by atoms with Crippen molar-refractivity contribution in [1.29, 1.82) is 0 Å². The zero-order valence-corrected chi connectivity index (χ0v) is 56.3. The first-order valence-corrected chi connectivity index (χ1v) is 36.7. The van der Waals surface area contributed by atoms with Crippen LogP contribution in [-0.2, 0) is 65.4 Å². The lowest BCUT2D eigenvalue weighted by atomic mass is 9.99. The molecule has 0 aromatic carbocycles. The minimum absolute atomic E-state index is 0.102. The standard InChI is InChI=1S/C65H126O17P2/c1-9-58(8)44-36-28-19-12-10-11-13-21-31-39-47-64(69)81-61(52-76-63(68)46-38-30-24-23-27-35-43-57(6)7)54-80-84(73,74)78-50-59(66)49-77-83(71,72)79-53-60(82-65(70)48-40-32-22-16-18-26-34-42-56(4)5)51-75-62(67)45-37-29-20-15-14-17-25-33-41-55(2)3/h55-61,66H,9-54H2,1-8H3,(H,71,72)(H,73,74)/t58?,59?,60-,61-/m1/s1. The maximum atomic E-state index is 13.0. The van der Waals surface area contributed by atoms with Crippen LogP contribution in [0.2, 0.25) is 0 Å². The van der Waals surface area contributed by atoms with Crippen molar-refractivity contribution in [3.05, 3.63) is 0 Å². The Bertz CT molecular complexity index is 1680. The summed E-state index contributed by atoms with van der Waals surface area (Å²) in [4.78, 5) is 72.2. The number of hydrogen-bond acceptors (Lipinski definition) is 15. The van der Waals surface area contributed by atoms with Crippen molar-refractivity contribution in [1.82, 2.24) is 0 Å². The molecule has 0 aliphatic carbocycles. The van der Waals surface area contributed by atoms with Gasteiger partial charge < -0.3 is 33.8 Å². The lowest BCUT2D eigenvalue weighted by Crippen LogP contribution is -2.30. The molecule has 17 nitrogen and oxygen atoms in total. The normalized spacial score (nSPS) is 14.7. The van der Waals surface area contributed by atoms with E-state index in [4.69, 9.17) is 37.0 Å². The van der Waals surface area contributed by atoms with E-state index in [1.165, 1.54) is 109 Å². The Kier molecular flexibility index (Phi) is 53.9. The van der Waals surface area contributed by atoms with Gasteiger partial charge in [0.2, 0.25) is 0 Å². The van der Waals surface area contributed by atoms with Crippen LogP contribution in [0.5, 0.6) is 0 Å². The smallest absolute Gasteiger partial charge is 0.462 e. The third-order valence-corrected chi connectivity index (χ3v) is 17.1. The summed E-state index contributed by atoms with van der Waals surface area (Å²) in [5.74, 6) is 0.764. The second kappa shape index (κ2) is 55.2. The van der Waals surface area contributed by atoms with Crippen LogP contribution in [0, 0.1) is 23.7 Å². The number of unbranched alkanes of at least 4 members (excludes halogenated alkanes) is 27. The first-order valence-electron chi connectivity index (χ1n) is 33.7. The summed E-state index contributed by atoms with van der Waals surface area (Å²) >= 11 is 0. The van der Waals surface area contributed by atoms with E-state index in [1.807, 2.05) is 0 Å². The number of aliphatic hydroxyl groups excluding tert-OH is 1. The Labute approximate surface area is 511 Å². The van der Waals surface area contributed by atoms with Crippen LogP contribution in [0.1, 0.15) is 312 Å². The number of phosphoric acid groups is 2. The van der Waals surface area contributed by atoms with Gasteiger partial charge in [-0.05, 0) is 49.4 Å². The molecular weight excluding hydrogens is 1110 g/mol. The van der Waals surface area contributed by atoms with Crippen LogP contribution >= 0.6 is 15.6 Å². The van der Waals surface area contributed by atoms with Crippen molar-refractivity contribution >= 4 is 39.5 Å². The third-order valence-electron chi connectivity index (χ3n) is 15.2. The highest BCUT2D eigenvalue weighted by Crippen LogP contribution is 2.45. The number of esters is 4. The second-order valence-electron chi connectivity index (χ2n) is 25.2. The van der Waals surface area contributed by atoms with Gasteiger partial charge in [-0.25, -0.2) is 9.13 Å². The van der Waals surface area contributed by atoms with Gasteiger partial charge in [-0.1, -0.05) is 261 Å². The van der Waals surface area contributed by atoms with E-state index in [2.05, 4.69) is 55.4 Å². The zero-order chi connectivity index (χ0) is 62.5. The van der Waals surface area contributed by atoms with Crippen molar-refractivity contribution in [2.75, 3.05) is 39.6 Å². The molecular formula is C65H126O17P2. The van der Waals surface area contributed by atoms with Gasteiger partial charge in [-0.2, -0.15) is 0 Å². The molecule has 0 radical (unpaired) electrons. The molecule has 0 saturated heterocycles. The predicted octanol–water partition coefficient (Wildman–Crippen LogP) is 17.8. The van der Waals surface area contributed by atoms with Gasteiger partial charge in [0.1, 0.15) is 19.3 Å². The fraction of sp³-hybridized carbons (Fsp3) is 0.938. The number of aliphatic hydroxyl groups is 1. The quantitative estimate of drug-likeness (QED) is 0.0222. The molecule has 0 fully saturated rings. The summed E-state index contributed by atoms with van der Waals surface area (Å²) in [5, 5.41) is 10.5. The Balaban J connectivity index is 5.24.